The monoisotopic (exact) mass is 894 g/mol. The van der Waals surface area contributed by atoms with E-state index in [1.807, 2.05) is 27.2 Å². The van der Waals surface area contributed by atoms with Crippen LogP contribution in [-0.4, -0.2) is 73.4 Å². The zero-order chi connectivity index (χ0) is 45.7. The molecule has 0 spiro atoms. The summed E-state index contributed by atoms with van der Waals surface area (Å²) in [6.07, 6.45) is 58.0. The Labute approximate surface area is 384 Å². The Bertz CT molecular complexity index is 1150. The second-order valence-corrected chi connectivity index (χ2v) is 20.3. The summed E-state index contributed by atoms with van der Waals surface area (Å²) in [7, 11) is 1.54. The molecule has 0 aliphatic heterocycles. The number of allylic oxidation sites excluding steroid dienone is 7. The number of hydrogen-bond donors (Lipinski definition) is 3. The van der Waals surface area contributed by atoms with Gasteiger partial charge in [-0.15, -0.1) is 0 Å². The summed E-state index contributed by atoms with van der Waals surface area (Å²) in [4.78, 5) is 23.1. The van der Waals surface area contributed by atoms with Gasteiger partial charge in [0.05, 0.1) is 39.9 Å². The number of aliphatic hydroxyl groups excluding tert-OH is 1. The van der Waals surface area contributed by atoms with E-state index in [2.05, 4.69) is 55.6 Å². The lowest BCUT2D eigenvalue weighted by atomic mass is 10.0. The fraction of sp³-hybridized carbons (Fsp3) is 0.830. The van der Waals surface area contributed by atoms with Crippen LogP contribution >= 0.6 is 7.82 Å². The van der Waals surface area contributed by atoms with Crippen molar-refractivity contribution in [3.05, 3.63) is 48.6 Å². The molecule has 3 unspecified atom stereocenters. The summed E-state index contributed by atoms with van der Waals surface area (Å²) in [6, 6.07) is -0.873. The second-order valence-electron chi connectivity index (χ2n) is 18.9. The van der Waals surface area contributed by atoms with E-state index in [9.17, 15) is 19.4 Å². The molecule has 0 saturated carbocycles. The Morgan fingerprint density at radius 1 is 0.532 bits per heavy atom. The van der Waals surface area contributed by atoms with Crippen LogP contribution in [0, 0.1) is 0 Å². The number of unbranched alkanes of at least 4 members (excludes halogenated alkanes) is 28. The Morgan fingerprint density at radius 3 is 1.34 bits per heavy atom. The molecule has 0 heterocycles. The maximum Gasteiger partial charge on any atom is 0.472 e. The van der Waals surface area contributed by atoms with Crippen molar-refractivity contribution in [2.45, 2.75) is 244 Å². The van der Waals surface area contributed by atoms with Crippen molar-refractivity contribution in [2.24, 2.45) is 0 Å². The first kappa shape index (κ1) is 60.5. The lowest BCUT2D eigenvalue weighted by Crippen LogP contribution is -2.45. The molecule has 62 heavy (non-hydrogen) atoms. The summed E-state index contributed by atoms with van der Waals surface area (Å²) < 4.78 is 23.6. The Balaban J connectivity index is 4.22. The second kappa shape index (κ2) is 44.7. The zero-order valence-corrected chi connectivity index (χ0v) is 42.3. The number of aliphatic hydroxyl groups is 1. The third-order valence-electron chi connectivity index (χ3n) is 11.5. The molecule has 0 radical (unpaired) electrons. The molecule has 0 aromatic rings. The average molecular weight is 894 g/mol. The van der Waals surface area contributed by atoms with E-state index in [1.165, 1.54) is 141 Å². The minimum Gasteiger partial charge on any atom is -0.387 e. The number of carbonyl (C=O) groups excluding carboxylic acids is 1. The molecule has 8 nitrogen and oxygen atoms in total. The van der Waals surface area contributed by atoms with E-state index in [0.29, 0.717) is 17.4 Å². The molecule has 1 amide bonds. The van der Waals surface area contributed by atoms with Gasteiger partial charge in [-0.1, -0.05) is 210 Å². The lowest BCUT2D eigenvalue weighted by Gasteiger charge is -2.25. The molecule has 0 fully saturated rings. The van der Waals surface area contributed by atoms with E-state index in [0.717, 1.165) is 70.6 Å². The molecule has 3 N–H and O–H groups in total. The molecule has 0 saturated heterocycles. The first-order valence-corrected chi connectivity index (χ1v) is 27.5. The summed E-state index contributed by atoms with van der Waals surface area (Å²) in [5.41, 5.74) is 0. The maximum absolute atomic E-state index is 12.8. The van der Waals surface area contributed by atoms with Crippen LogP contribution in [0.3, 0.4) is 0 Å². The minimum absolute atomic E-state index is 0.0510. The molecule has 0 aliphatic rings. The summed E-state index contributed by atoms with van der Waals surface area (Å²) in [5, 5.41) is 13.8. The highest BCUT2D eigenvalue weighted by molar-refractivity contribution is 7.47. The van der Waals surface area contributed by atoms with E-state index in [-0.39, 0.29) is 19.1 Å². The van der Waals surface area contributed by atoms with Crippen molar-refractivity contribution in [3.63, 3.8) is 0 Å². The van der Waals surface area contributed by atoms with E-state index >= 15 is 0 Å². The number of likely N-dealkylation sites (N-methyl/N-ethyl adjacent to an activating group) is 1. The van der Waals surface area contributed by atoms with Crippen molar-refractivity contribution < 1.29 is 32.9 Å². The Kier molecular flexibility index (Phi) is 43.5. The van der Waals surface area contributed by atoms with Crippen LogP contribution in [0.5, 0.6) is 0 Å². The van der Waals surface area contributed by atoms with Crippen molar-refractivity contribution in [1.82, 2.24) is 5.32 Å². The highest BCUT2D eigenvalue weighted by atomic mass is 31.2. The Morgan fingerprint density at radius 2 is 0.903 bits per heavy atom. The number of rotatable bonds is 47. The molecule has 0 aromatic heterocycles. The van der Waals surface area contributed by atoms with Gasteiger partial charge in [0.1, 0.15) is 13.2 Å². The van der Waals surface area contributed by atoms with Gasteiger partial charge in [0.15, 0.2) is 0 Å². The summed E-state index contributed by atoms with van der Waals surface area (Å²) >= 11 is 0. The van der Waals surface area contributed by atoms with Crippen molar-refractivity contribution in [2.75, 3.05) is 40.9 Å². The number of hydrogen-bond acceptors (Lipinski definition) is 5. The number of phosphoric ester groups is 1. The largest absolute Gasteiger partial charge is 0.472 e. The summed E-state index contributed by atoms with van der Waals surface area (Å²) in [5.74, 6) is -0.203. The predicted octanol–water partition coefficient (Wildman–Crippen LogP) is 15.2. The van der Waals surface area contributed by atoms with Crippen LogP contribution in [0.25, 0.3) is 0 Å². The van der Waals surface area contributed by atoms with Crippen LogP contribution in [0.15, 0.2) is 48.6 Å². The lowest BCUT2D eigenvalue weighted by molar-refractivity contribution is -0.870. The fourth-order valence-electron chi connectivity index (χ4n) is 7.35. The van der Waals surface area contributed by atoms with Crippen molar-refractivity contribution in [1.29, 1.82) is 0 Å². The number of carbonyl (C=O) groups is 1. The standard InChI is InChI=1S/C53H101N2O6P/c1-6-8-10-12-14-16-18-19-20-21-22-23-24-25-26-27-28-29-30-31-32-33-34-35-37-38-40-42-44-46-52(56)51(50-61-62(58,59)60-49-48-55(3,4)5)54-53(57)47-45-43-41-39-36-17-15-13-11-9-7-2/h13,15,32-33,37-38,44,46,51-52,56H,6-12,14,16-31,34-36,39-43,45,47-50H2,1-5H3,(H-,54,57,58,59)/p+1/b15-13-,33-32+,38-37+,46-44+. The minimum atomic E-state index is -4.35. The van der Waals surface area contributed by atoms with Crippen molar-refractivity contribution >= 4 is 13.7 Å². The van der Waals surface area contributed by atoms with E-state index in [1.54, 1.807) is 6.08 Å². The topological polar surface area (TPSA) is 105 Å². The molecule has 0 rings (SSSR count). The highest BCUT2D eigenvalue weighted by Gasteiger charge is 2.27. The Hall–Kier alpha value is -1.54. The number of amides is 1. The predicted molar refractivity (Wildman–Crippen MR) is 267 cm³/mol. The number of nitrogens with zero attached hydrogens (tertiary/aromatic N) is 1. The molecule has 364 valence electrons. The molecule has 0 bridgehead atoms. The molecule has 9 heteroatoms. The zero-order valence-electron chi connectivity index (χ0n) is 41.4. The van der Waals surface area contributed by atoms with E-state index < -0.39 is 20.0 Å². The van der Waals surface area contributed by atoms with Crippen LogP contribution in [0.2, 0.25) is 0 Å². The third kappa shape index (κ3) is 46.5. The first-order valence-electron chi connectivity index (χ1n) is 26.0. The number of nitrogens with one attached hydrogen (secondary N) is 1. The molecular formula is C53H102N2O6P+. The van der Waals surface area contributed by atoms with Gasteiger partial charge in [0, 0.05) is 6.42 Å². The van der Waals surface area contributed by atoms with Crippen LogP contribution in [0.1, 0.15) is 232 Å². The SMILES string of the molecule is CCCC/C=C\CCCCCCCC(=O)NC(COP(=O)(O)OCC[N+](C)(C)C)C(O)/C=C/CC/C=C/CC/C=C/CCCCCCCCCCCCCCCCCCCCC. The average Bonchev–Trinajstić information content (AvgIpc) is 3.23. The summed E-state index contributed by atoms with van der Waals surface area (Å²) in [6.45, 7) is 4.74. The molecule has 0 aliphatic carbocycles. The molecular weight excluding hydrogens is 792 g/mol. The highest BCUT2D eigenvalue weighted by Crippen LogP contribution is 2.43. The quantitative estimate of drug-likeness (QED) is 0.0243. The normalized spacial score (nSPS) is 14.5. The smallest absolute Gasteiger partial charge is 0.387 e. The van der Waals surface area contributed by atoms with Gasteiger partial charge in [-0.25, -0.2) is 4.57 Å². The van der Waals surface area contributed by atoms with Gasteiger partial charge < -0.3 is 19.8 Å². The van der Waals surface area contributed by atoms with Gasteiger partial charge in [-0.05, 0) is 64.2 Å². The van der Waals surface area contributed by atoms with Crippen LogP contribution < -0.4 is 5.32 Å². The van der Waals surface area contributed by atoms with Crippen LogP contribution in [-0.2, 0) is 18.4 Å². The molecule has 0 aromatic carbocycles. The number of quaternary nitrogens is 1. The van der Waals surface area contributed by atoms with Gasteiger partial charge >= 0.3 is 7.82 Å². The fourth-order valence-corrected chi connectivity index (χ4v) is 8.08. The number of phosphoric acid groups is 1. The third-order valence-corrected chi connectivity index (χ3v) is 12.5. The van der Waals surface area contributed by atoms with Crippen LogP contribution in [0.4, 0.5) is 0 Å². The van der Waals surface area contributed by atoms with Gasteiger partial charge in [-0.2, -0.15) is 0 Å². The van der Waals surface area contributed by atoms with Gasteiger partial charge in [0.2, 0.25) is 5.91 Å². The van der Waals surface area contributed by atoms with E-state index in [4.69, 9.17) is 9.05 Å². The maximum atomic E-state index is 12.8. The molecule has 3 atom stereocenters. The van der Waals surface area contributed by atoms with Gasteiger partial charge in [0.25, 0.3) is 0 Å². The van der Waals surface area contributed by atoms with Gasteiger partial charge in [-0.3, -0.25) is 13.8 Å². The first-order chi connectivity index (χ1) is 30.0. The van der Waals surface area contributed by atoms with Crippen molar-refractivity contribution in [3.8, 4) is 0 Å².